The van der Waals surface area contributed by atoms with Crippen LogP contribution in [0.15, 0.2) is 61.1 Å². The summed E-state index contributed by atoms with van der Waals surface area (Å²) in [5.41, 5.74) is 2.33. The van der Waals surface area contributed by atoms with Crippen LogP contribution in [0.3, 0.4) is 0 Å². The number of nitrogens with one attached hydrogen (secondary N) is 2. The van der Waals surface area contributed by atoms with E-state index in [1.165, 1.54) is 13.4 Å². The van der Waals surface area contributed by atoms with Crippen LogP contribution in [0.25, 0.3) is 0 Å². The minimum absolute atomic E-state index is 0.215. The Morgan fingerprint density at radius 2 is 1.58 bits per heavy atom. The second-order valence-corrected chi connectivity index (χ2v) is 7.95. The summed E-state index contributed by atoms with van der Waals surface area (Å²) in [6.07, 6.45) is 4.20. The van der Waals surface area contributed by atoms with E-state index in [1.807, 2.05) is 36.4 Å². The Balaban J connectivity index is 1.83. The molecule has 2 aromatic carbocycles. The molecule has 8 heteroatoms. The topological polar surface area (TPSA) is 84.1 Å². The molecule has 0 saturated heterocycles. The molecule has 0 aliphatic heterocycles. The van der Waals surface area contributed by atoms with E-state index in [-0.39, 0.29) is 12.3 Å². The molecule has 1 atom stereocenters. The summed E-state index contributed by atoms with van der Waals surface area (Å²) >= 11 is 12.7. The van der Waals surface area contributed by atoms with Crippen molar-refractivity contribution in [2.45, 2.75) is 25.3 Å². The first-order valence-corrected chi connectivity index (χ1v) is 10.6. The van der Waals surface area contributed by atoms with E-state index in [2.05, 4.69) is 15.3 Å². The number of ether oxygens (including phenoxy) is 1. The zero-order valence-electron chi connectivity index (χ0n) is 17.0. The molecule has 0 fully saturated rings. The quantitative estimate of drug-likeness (QED) is 0.473. The van der Waals surface area contributed by atoms with Crippen LogP contribution in [0.5, 0.6) is 0 Å². The lowest BCUT2D eigenvalue weighted by Crippen LogP contribution is -2.46. The van der Waals surface area contributed by atoms with Gasteiger partial charge in [-0.25, -0.2) is 9.78 Å². The van der Waals surface area contributed by atoms with Crippen molar-refractivity contribution >= 4 is 35.1 Å². The third-order valence-electron chi connectivity index (χ3n) is 4.99. The predicted molar refractivity (Wildman–Crippen MR) is 120 cm³/mol. The maximum atomic E-state index is 13.3. The van der Waals surface area contributed by atoms with Crippen LogP contribution >= 0.6 is 23.2 Å². The number of rotatable bonds is 9. The van der Waals surface area contributed by atoms with E-state index in [1.54, 1.807) is 18.3 Å². The van der Waals surface area contributed by atoms with Crippen LogP contribution in [0.1, 0.15) is 16.8 Å². The number of aromatic nitrogens is 2. The van der Waals surface area contributed by atoms with Gasteiger partial charge in [0.1, 0.15) is 6.04 Å². The second kappa shape index (κ2) is 11.0. The van der Waals surface area contributed by atoms with Gasteiger partial charge in [0, 0.05) is 28.6 Å². The number of aromatic amines is 1. The Bertz CT molecular complexity index is 977. The van der Waals surface area contributed by atoms with Gasteiger partial charge in [-0.2, -0.15) is 0 Å². The summed E-state index contributed by atoms with van der Waals surface area (Å²) in [6.45, 7) is 0. The molecular weight excluding hydrogens is 437 g/mol. The third-order valence-corrected chi connectivity index (χ3v) is 5.73. The first-order valence-electron chi connectivity index (χ1n) is 9.80. The van der Waals surface area contributed by atoms with Crippen molar-refractivity contribution < 1.29 is 14.3 Å². The molecule has 6 nitrogen and oxygen atoms in total. The Kier molecular flexibility index (Phi) is 8.09. The molecule has 0 bridgehead atoms. The highest BCUT2D eigenvalue weighted by Gasteiger charge is 2.28. The lowest BCUT2D eigenvalue weighted by molar-refractivity contribution is -0.145. The number of halogens is 2. The number of hydrogen-bond acceptors (Lipinski definition) is 4. The fourth-order valence-corrected chi connectivity index (χ4v) is 3.78. The van der Waals surface area contributed by atoms with Crippen LogP contribution in [0, 0.1) is 5.92 Å². The monoisotopic (exact) mass is 459 g/mol. The lowest BCUT2D eigenvalue weighted by Gasteiger charge is -2.22. The van der Waals surface area contributed by atoms with Crippen LogP contribution in [0.2, 0.25) is 10.0 Å². The van der Waals surface area contributed by atoms with Gasteiger partial charge in [-0.1, -0.05) is 59.6 Å². The normalized spacial score (nSPS) is 11.9. The molecule has 1 heterocycles. The molecule has 0 aliphatic rings. The molecule has 0 radical (unpaired) electrons. The van der Waals surface area contributed by atoms with Crippen molar-refractivity contribution in [3.63, 3.8) is 0 Å². The summed E-state index contributed by atoms with van der Waals surface area (Å²) in [6, 6.07) is 13.9. The van der Waals surface area contributed by atoms with Gasteiger partial charge in [0.05, 0.1) is 19.1 Å². The average molecular weight is 460 g/mol. The minimum Gasteiger partial charge on any atom is -0.467 e. The summed E-state index contributed by atoms with van der Waals surface area (Å²) in [5, 5.41) is 4.00. The SMILES string of the molecule is COC(=O)[C@H](Cc1c[nH]cn1)NC(=O)C(Cc1ccccc1Cl)Cc1ccccc1Cl. The summed E-state index contributed by atoms with van der Waals surface area (Å²) in [7, 11) is 1.29. The maximum absolute atomic E-state index is 13.3. The molecule has 3 aromatic rings. The van der Waals surface area contributed by atoms with Crippen LogP contribution in [0.4, 0.5) is 0 Å². The van der Waals surface area contributed by atoms with Crippen molar-refractivity contribution in [2.24, 2.45) is 5.92 Å². The highest BCUT2D eigenvalue weighted by molar-refractivity contribution is 6.31. The van der Waals surface area contributed by atoms with Crippen molar-refractivity contribution in [1.82, 2.24) is 15.3 Å². The smallest absolute Gasteiger partial charge is 0.328 e. The van der Waals surface area contributed by atoms with E-state index in [0.29, 0.717) is 28.6 Å². The number of hydrogen-bond donors (Lipinski definition) is 2. The van der Waals surface area contributed by atoms with E-state index in [0.717, 1.165) is 11.1 Å². The van der Waals surface area contributed by atoms with Gasteiger partial charge >= 0.3 is 5.97 Å². The standard InChI is InChI=1S/C23H23Cl2N3O3/c1-31-23(30)21(12-18-13-26-14-27-18)28-22(29)17(10-15-6-2-4-8-19(15)24)11-16-7-3-5-9-20(16)25/h2-9,13-14,17,21H,10-12H2,1H3,(H,26,27)(H,28,29)/t21-/m0/s1. The van der Waals surface area contributed by atoms with Gasteiger partial charge in [0.15, 0.2) is 0 Å². The molecule has 162 valence electrons. The van der Waals surface area contributed by atoms with Crippen LogP contribution in [-0.4, -0.2) is 35.0 Å². The number of methoxy groups -OCH3 is 1. The largest absolute Gasteiger partial charge is 0.467 e. The lowest BCUT2D eigenvalue weighted by atomic mass is 9.91. The number of carbonyl (C=O) groups is 2. The number of H-pyrrole nitrogens is 1. The predicted octanol–water partition coefficient (Wildman–Crippen LogP) is 4.02. The van der Waals surface area contributed by atoms with E-state index in [4.69, 9.17) is 27.9 Å². The number of carbonyl (C=O) groups excluding carboxylic acids is 2. The molecule has 1 aromatic heterocycles. The van der Waals surface area contributed by atoms with Gasteiger partial charge in [-0.3, -0.25) is 4.79 Å². The van der Waals surface area contributed by atoms with Crippen molar-refractivity contribution in [2.75, 3.05) is 7.11 Å². The molecular formula is C23H23Cl2N3O3. The number of benzene rings is 2. The molecule has 0 unspecified atom stereocenters. The van der Waals surface area contributed by atoms with E-state index in [9.17, 15) is 9.59 Å². The van der Waals surface area contributed by atoms with Crippen LogP contribution in [-0.2, 0) is 33.6 Å². The average Bonchev–Trinajstić information content (AvgIpc) is 3.28. The maximum Gasteiger partial charge on any atom is 0.328 e. The molecule has 0 aliphatic carbocycles. The van der Waals surface area contributed by atoms with Crippen molar-refractivity contribution in [3.05, 3.63) is 87.9 Å². The molecule has 3 rings (SSSR count). The molecule has 2 N–H and O–H groups in total. The van der Waals surface area contributed by atoms with E-state index >= 15 is 0 Å². The summed E-state index contributed by atoms with van der Waals surface area (Å²) in [5.74, 6) is -1.32. The zero-order chi connectivity index (χ0) is 22.2. The highest BCUT2D eigenvalue weighted by atomic mass is 35.5. The van der Waals surface area contributed by atoms with Gasteiger partial charge in [0.2, 0.25) is 5.91 Å². The Morgan fingerprint density at radius 3 is 2.06 bits per heavy atom. The molecule has 31 heavy (non-hydrogen) atoms. The Hall–Kier alpha value is -2.83. The number of esters is 1. The van der Waals surface area contributed by atoms with Crippen molar-refractivity contribution in [3.8, 4) is 0 Å². The first kappa shape index (κ1) is 22.8. The zero-order valence-corrected chi connectivity index (χ0v) is 18.5. The fraction of sp³-hybridized carbons (Fsp3) is 0.261. The highest BCUT2D eigenvalue weighted by Crippen LogP contribution is 2.24. The van der Waals surface area contributed by atoms with Gasteiger partial charge in [-0.05, 0) is 36.1 Å². The number of imidazole rings is 1. The Morgan fingerprint density at radius 1 is 1.00 bits per heavy atom. The summed E-state index contributed by atoms with van der Waals surface area (Å²) in [4.78, 5) is 32.6. The second-order valence-electron chi connectivity index (χ2n) is 7.14. The number of amides is 1. The third kappa shape index (κ3) is 6.32. The fourth-order valence-electron chi connectivity index (χ4n) is 3.35. The van der Waals surface area contributed by atoms with Crippen molar-refractivity contribution in [1.29, 1.82) is 0 Å². The van der Waals surface area contributed by atoms with E-state index < -0.39 is 17.9 Å². The van der Waals surface area contributed by atoms with Gasteiger partial charge in [0.25, 0.3) is 0 Å². The molecule has 0 spiro atoms. The molecule has 0 saturated carbocycles. The van der Waals surface area contributed by atoms with Crippen LogP contribution < -0.4 is 5.32 Å². The Labute approximate surface area is 190 Å². The molecule has 1 amide bonds. The first-order chi connectivity index (χ1) is 15.0. The minimum atomic E-state index is -0.860. The summed E-state index contributed by atoms with van der Waals surface area (Å²) < 4.78 is 4.88. The van der Waals surface area contributed by atoms with Gasteiger partial charge in [-0.15, -0.1) is 0 Å². The van der Waals surface area contributed by atoms with Gasteiger partial charge < -0.3 is 15.0 Å². The number of nitrogens with zero attached hydrogens (tertiary/aromatic N) is 1.